The van der Waals surface area contributed by atoms with Crippen LogP contribution in [0, 0.1) is 0 Å². The van der Waals surface area contributed by atoms with Gasteiger partial charge in [-0.15, -0.1) is 0 Å². The van der Waals surface area contributed by atoms with Crippen molar-refractivity contribution in [1.82, 2.24) is 9.88 Å². The number of rotatable bonds is 4. The number of thiol groups is 1. The molecule has 0 spiro atoms. The fourth-order valence-electron chi connectivity index (χ4n) is 2.78. The third-order valence-corrected chi connectivity index (χ3v) is 4.39. The predicted molar refractivity (Wildman–Crippen MR) is 95.3 cm³/mol. The molecule has 2 N–H and O–H groups in total. The molecule has 1 aliphatic rings. The first kappa shape index (κ1) is 15.2. The van der Waals surface area contributed by atoms with Crippen molar-refractivity contribution in [2.75, 3.05) is 36.8 Å². The zero-order valence-electron chi connectivity index (χ0n) is 12.7. The third-order valence-electron chi connectivity index (χ3n) is 4.09. The summed E-state index contributed by atoms with van der Waals surface area (Å²) in [5, 5.41) is 0. The van der Waals surface area contributed by atoms with Gasteiger partial charge < -0.3 is 10.6 Å². The van der Waals surface area contributed by atoms with Crippen LogP contribution in [0.1, 0.15) is 11.3 Å². The van der Waals surface area contributed by atoms with Gasteiger partial charge in [-0.2, -0.15) is 12.6 Å². The van der Waals surface area contributed by atoms with E-state index in [9.17, 15) is 0 Å². The first-order valence-corrected chi connectivity index (χ1v) is 8.27. The van der Waals surface area contributed by atoms with Crippen molar-refractivity contribution >= 4 is 24.1 Å². The first-order valence-electron chi connectivity index (χ1n) is 7.64. The highest BCUT2D eigenvalue weighted by Crippen LogP contribution is 2.20. The highest BCUT2D eigenvalue weighted by molar-refractivity contribution is 7.79. The van der Waals surface area contributed by atoms with Crippen LogP contribution in [0.25, 0.3) is 0 Å². The molecule has 0 radical (unpaired) electrons. The number of hydrogen-bond acceptors (Lipinski definition) is 5. The normalized spacial score (nSPS) is 16.0. The summed E-state index contributed by atoms with van der Waals surface area (Å²) in [6, 6.07) is 14.6. The van der Waals surface area contributed by atoms with Gasteiger partial charge >= 0.3 is 0 Å². The van der Waals surface area contributed by atoms with Gasteiger partial charge in [0, 0.05) is 38.5 Å². The van der Waals surface area contributed by atoms with Gasteiger partial charge in [0.2, 0.25) is 0 Å². The number of anilines is 2. The monoisotopic (exact) mass is 314 g/mol. The minimum Gasteiger partial charge on any atom is -0.397 e. The van der Waals surface area contributed by atoms with Crippen molar-refractivity contribution < 1.29 is 0 Å². The molecule has 2 aromatic rings. The lowest BCUT2D eigenvalue weighted by Crippen LogP contribution is -2.46. The van der Waals surface area contributed by atoms with Gasteiger partial charge in [0.05, 0.1) is 11.4 Å². The minimum absolute atomic E-state index is 0.577. The molecule has 0 amide bonds. The van der Waals surface area contributed by atoms with Crippen molar-refractivity contribution in [3.63, 3.8) is 0 Å². The summed E-state index contributed by atoms with van der Waals surface area (Å²) in [4.78, 5) is 9.45. The lowest BCUT2D eigenvalue weighted by molar-refractivity contribution is 0.249. The maximum Gasteiger partial charge on any atom is 0.129 e. The molecule has 22 heavy (non-hydrogen) atoms. The molecular formula is C17H22N4S. The molecular weight excluding hydrogens is 292 g/mol. The molecule has 0 saturated carbocycles. The van der Waals surface area contributed by atoms with Gasteiger partial charge in [0.15, 0.2) is 0 Å². The Balaban J connectivity index is 1.59. The zero-order chi connectivity index (χ0) is 15.4. The van der Waals surface area contributed by atoms with Crippen LogP contribution in [0.4, 0.5) is 11.5 Å². The van der Waals surface area contributed by atoms with Crippen LogP contribution in [-0.4, -0.2) is 36.1 Å². The molecule has 0 aliphatic carbocycles. The van der Waals surface area contributed by atoms with Crippen LogP contribution in [0.2, 0.25) is 0 Å². The van der Waals surface area contributed by atoms with Gasteiger partial charge in [-0.3, -0.25) is 4.90 Å². The number of hydrogen-bond donors (Lipinski definition) is 2. The zero-order valence-corrected chi connectivity index (χ0v) is 13.5. The maximum atomic E-state index is 5.90. The highest BCUT2D eigenvalue weighted by atomic mass is 32.1. The summed E-state index contributed by atoms with van der Waals surface area (Å²) in [7, 11) is 0. The van der Waals surface area contributed by atoms with E-state index in [1.54, 1.807) is 0 Å². The van der Waals surface area contributed by atoms with Crippen LogP contribution in [0.15, 0.2) is 42.5 Å². The fourth-order valence-corrected chi connectivity index (χ4v) is 3.03. The van der Waals surface area contributed by atoms with Crippen LogP contribution in [0.5, 0.6) is 0 Å². The van der Waals surface area contributed by atoms with E-state index >= 15 is 0 Å². The number of nitrogens with two attached hydrogens (primary N) is 1. The van der Waals surface area contributed by atoms with Crippen LogP contribution >= 0.6 is 12.6 Å². The van der Waals surface area contributed by atoms with Crippen molar-refractivity contribution in [2.45, 2.75) is 12.3 Å². The van der Waals surface area contributed by atoms with Crippen molar-refractivity contribution in [2.24, 2.45) is 0 Å². The molecule has 116 valence electrons. The Kier molecular flexibility index (Phi) is 4.85. The number of pyridine rings is 1. The van der Waals surface area contributed by atoms with E-state index in [0.29, 0.717) is 5.75 Å². The largest absolute Gasteiger partial charge is 0.397 e. The molecule has 0 unspecified atom stereocenters. The summed E-state index contributed by atoms with van der Waals surface area (Å²) >= 11 is 4.29. The fraction of sp³-hybridized carbons (Fsp3) is 0.353. The summed E-state index contributed by atoms with van der Waals surface area (Å²) in [5.41, 5.74) is 8.87. The second-order valence-corrected chi connectivity index (χ2v) is 5.93. The van der Waals surface area contributed by atoms with Crippen LogP contribution < -0.4 is 10.6 Å². The number of aromatic nitrogens is 1. The van der Waals surface area contributed by atoms with E-state index in [0.717, 1.165) is 49.9 Å². The Morgan fingerprint density at radius 3 is 2.41 bits per heavy atom. The van der Waals surface area contributed by atoms with Crippen LogP contribution in [-0.2, 0) is 12.3 Å². The molecule has 0 atom stereocenters. The molecule has 1 aromatic heterocycles. The van der Waals surface area contributed by atoms with E-state index in [4.69, 9.17) is 5.73 Å². The Bertz CT molecular complexity index is 609. The van der Waals surface area contributed by atoms with Gasteiger partial charge in [-0.25, -0.2) is 4.98 Å². The van der Waals surface area contributed by atoms with E-state index < -0.39 is 0 Å². The quantitative estimate of drug-likeness (QED) is 0.851. The SMILES string of the molecule is Nc1ccc(N2CCN(Cc3ccccc3)CC2)nc1CS. The maximum absolute atomic E-state index is 5.90. The standard InChI is InChI=1S/C17H22N4S/c18-15-6-7-17(19-16(15)13-22)21-10-8-20(9-11-21)12-14-4-2-1-3-5-14/h1-7,22H,8-13,18H2. The molecule has 3 rings (SSSR count). The van der Waals surface area contributed by atoms with E-state index in [2.05, 4.69) is 57.7 Å². The van der Waals surface area contributed by atoms with Gasteiger partial charge in [0.25, 0.3) is 0 Å². The van der Waals surface area contributed by atoms with Gasteiger partial charge in [0.1, 0.15) is 5.82 Å². The van der Waals surface area contributed by atoms with E-state index in [1.165, 1.54) is 5.56 Å². The average Bonchev–Trinajstić information content (AvgIpc) is 2.57. The first-order chi connectivity index (χ1) is 10.8. The summed E-state index contributed by atoms with van der Waals surface area (Å²) in [5.74, 6) is 1.59. The number of benzene rings is 1. The van der Waals surface area contributed by atoms with Crippen molar-refractivity contribution in [3.05, 3.63) is 53.7 Å². The van der Waals surface area contributed by atoms with Crippen molar-refractivity contribution in [1.29, 1.82) is 0 Å². The number of piperazine rings is 1. The highest BCUT2D eigenvalue weighted by Gasteiger charge is 2.18. The summed E-state index contributed by atoms with van der Waals surface area (Å²) in [6.45, 7) is 5.12. The molecule has 2 heterocycles. The number of nitrogen functional groups attached to an aromatic ring is 1. The Morgan fingerprint density at radius 2 is 1.73 bits per heavy atom. The Hall–Kier alpha value is -1.72. The molecule has 1 saturated heterocycles. The molecule has 1 fully saturated rings. The lowest BCUT2D eigenvalue weighted by Gasteiger charge is -2.35. The molecule has 0 bridgehead atoms. The van der Waals surface area contributed by atoms with Gasteiger partial charge in [-0.1, -0.05) is 30.3 Å². The van der Waals surface area contributed by atoms with Gasteiger partial charge in [-0.05, 0) is 17.7 Å². The van der Waals surface area contributed by atoms with E-state index in [1.807, 2.05) is 12.1 Å². The summed E-state index contributed by atoms with van der Waals surface area (Å²) < 4.78 is 0. The predicted octanol–water partition coefficient (Wildman–Crippen LogP) is 2.42. The minimum atomic E-state index is 0.577. The second-order valence-electron chi connectivity index (χ2n) is 5.61. The van der Waals surface area contributed by atoms with E-state index in [-0.39, 0.29) is 0 Å². The topological polar surface area (TPSA) is 45.4 Å². The second kappa shape index (κ2) is 7.03. The average molecular weight is 314 g/mol. The number of nitrogens with zero attached hydrogens (tertiary/aromatic N) is 3. The molecule has 5 heteroatoms. The van der Waals surface area contributed by atoms with Crippen LogP contribution in [0.3, 0.4) is 0 Å². The Morgan fingerprint density at radius 1 is 1.00 bits per heavy atom. The van der Waals surface area contributed by atoms with Crippen molar-refractivity contribution in [3.8, 4) is 0 Å². The molecule has 4 nitrogen and oxygen atoms in total. The molecule has 1 aromatic carbocycles. The molecule has 1 aliphatic heterocycles. The Labute approximate surface area is 137 Å². The lowest BCUT2D eigenvalue weighted by atomic mass is 10.2. The summed E-state index contributed by atoms with van der Waals surface area (Å²) in [6.07, 6.45) is 0. The third kappa shape index (κ3) is 3.54. The smallest absolute Gasteiger partial charge is 0.129 e.